The molecule has 2 amide bonds. The number of benzene rings is 2. The fraction of sp³-hybridized carbons (Fsp3) is 0.348. The number of nitrogens with one attached hydrogen (secondary N) is 2. The number of ether oxygens (including phenoxy) is 3. The number of methoxy groups -OCH3 is 1. The van der Waals surface area contributed by atoms with Gasteiger partial charge < -0.3 is 19.5 Å². The van der Waals surface area contributed by atoms with Crippen LogP contribution in [0.5, 0.6) is 17.2 Å². The number of hydrogen-bond acceptors (Lipinski definition) is 6. The number of amides is 2. The highest BCUT2D eigenvalue weighted by Crippen LogP contribution is 2.34. The lowest BCUT2D eigenvalue weighted by Gasteiger charge is -2.16. The summed E-state index contributed by atoms with van der Waals surface area (Å²) >= 11 is 2.18. The van der Waals surface area contributed by atoms with Crippen LogP contribution in [0.25, 0.3) is 0 Å². The van der Waals surface area contributed by atoms with Crippen LogP contribution in [0.3, 0.4) is 0 Å². The van der Waals surface area contributed by atoms with Gasteiger partial charge in [-0.05, 0) is 85.3 Å². The lowest BCUT2D eigenvalue weighted by molar-refractivity contribution is -0.124. The van der Waals surface area contributed by atoms with E-state index in [-0.39, 0.29) is 30.8 Å². The summed E-state index contributed by atoms with van der Waals surface area (Å²) < 4.78 is 17.5. The third-order valence-corrected chi connectivity index (χ3v) is 4.84. The maximum Gasteiger partial charge on any atom is 0.240 e. The second-order valence-corrected chi connectivity index (χ2v) is 8.16. The molecule has 32 heavy (non-hydrogen) atoms. The van der Waals surface area contributed by atoms with Gasteiger partial charge in [-0.15, -0.1) is 0 Å². The quantitative estimate of drug-likeness (QED) is 0.245. The number of anilines is 1. The Morgan fingerprint density at radius 3 is 2.44 bits per heavy atom. The summed E-state index contributed by atoms with van der Waals surface area (Å²) in [4.78, 5) is 24.0. The van der Waals surface area contributed by atoms with Gasteiger partial charge in [0.25, 0.3) is 0 Å². The number of hydrazone groups is 1. The van der Waals surface area contributed by atoms with Crippen molar-refractivity contribution in [3.63, 3.8) is 0 Å². The van der Waals surface area contributed by atoms with E-state index >= 15 is 0 Å². The van der Waals surface area contributed by atoms with Crippen molar-refractivity contribution in [1.29, 1.82) is 0 Å². The zero-order chi connectivity index (χ0) is 23.5. The van der Waals surface area contributed by atoms with E-state index in [1.807, 2.05) is 26.8 Å². The molecule has 0 aliphatic rings. The highest BCUT2D eigenvalue weighted by atomic mass is 127. The number of rotatable bonds is 11. The summed E-state index contributed by atoms with van der Waals surface area (Å²) in [6, 6.07) is 10.7. The maximum atomic E-state index is 12.0. The Morgan fingerprint density at radius 1 is 1.12 bits per heavy atom. The van der Waals surface area contributed by atoms with Crippen molar-refractivity contribution >= 4 is 46.3 Å². The second kappa shape index (κ2) is 12.9. The third-order valence-electron chi connectivity index (χ3n) is 4.04. The van der Waals surface area contributed by atoms with Crippen LogP contribution in [0, 0.1) is 3.57 Å². The predicted molar refractivity (Wildman–Crippen MR) is 133 cm³/mol. The van der Waals surface area contributed by atoms with Crippen molar-refractivity contribution < 1.29 is 23.8 Å². The minimum absolute atomic E-state index is 0.0161. The van der Waals surface area contributed by atoms with Gasteiger partial charge in [-0.1, -0.05) is 0 Å². The molecular weight excluding hydrogens is 525 g/mol. The Morgan fingerprint density at radius 2 is 1.81 bits per heavy atom. The van der Waals surface area contributed by atoms with Crippen molar-refractivity contribution in [2.24, 2.45) is 5.10 Å². The van der Waals surface area contributed by atoms with Gasteiger partial charge in [-0.25, -0.2) is 5.43 Å². The van der Waals surface area contributed by atoms with Crippen LogP contribution in [-0.2, 0) is 9.59 Å². The summed E-state index contributed by atoms with van der Waals surface area (Å²) in [6.45, 7) is 6.31. The van der Waals surface area contributed by atoms with Crippen molar-refractivity contribution in [2.45, 2.75) is 39.7 Å². The molecule has 0 heterocycles. The fourth-order valence-electron chi connectivity index (χ4n) is 2.64. The van der Waals surface area contributed by atoms with Gasteiger partial charge in [0, 0.05) is 18.5 Å². The van der Waals surface area contributed by atoms with Crippen LogP contribution in [-0.4, -0.2) is 37.8 Å². The van der Waals surface area contributed by atoms with E-state index in [0.29, 0.717) is 29.5 Å². The largest absolute Gasteiger partial charge is 0.497 e. The van der Waals surface area contributed by atoms with Crippen molar-refractivity contribution in [3.05, 3.63) is 45.5 Å². The maximum absolute atomic E-state index is 12.0. The standard InChI is InChI=1S/C23H28IN3O5/c1-5-31-20-13-16(12-19(24)23(20)32-15(2)3)14-25-27-22(29)11-10-21(28)26-17-6-8-18(30-4)9-7-17/h6-9,12-15H,5,10-11H2,1-4H3,(H,26,28)(H,27,29). The smallest absolute Gasteiger partial charge is 0.240 e. The third kappa shape index (κ3) is 8.37. The van der Waals surface area contributed by atoms with E-state index in [9.17, 15) is 9.59 Å². The first-order chi connectivity index (χ1) is 15.3. The van der Waals surface area contributed by atoms with E-state index < -0.39 is 0 Å². The van der Waals surface area contributed by atoms with Gasteiger partial charge in [-0.2, -0.15) is 5.10 Å². The molecule has 2 aromatic carbocycles. The van der Waals surface area contributed by atoms with Crippen LogP contribution in [0.15, 0.2) is 41.5 Å². The molecule has 8 nitrogen and oxygen atoms in total. The minimum atomic E-state index is -0.356. The first-order valence-corrected chi connectivity index (χ1v) is 11.3. The Kier molecular flexibility index (Phi) is 10.3. The second-order valence-electron chi connectivity index (χ2n) is 7.00. The molecule has 9 heteroatoms. The molecule has 172 valence electrons. The van der Waals surface area contributed by atoms with Crippen LogP contribution in [0.2, 0.25) is 0 Å². The van der Waals surface area contributed by atoms with Crippen molar-refractivity contribution in [3.8, 4) is 17.2 Å². The van der Waals surface area contributed by atoms with Crippen LogP contribution < -0.4 is 25.0 Å². The molecular formula is C23H28IN3O5. The van der Waals surface area contributed by atoms with E-state index in [0.717, 1.165) is 9.13 Å². The molecule has 2 N–H and O–H groups in total. The molecule has 0 aliphatic heterocycles. The van der Waals surface area contributed by atoms with Gasteiger partial charge in [0.2, 0.25) is 11.8 Å². The summed E-state index contributed by atoms with van der Waals surface area (Å²) in [5.41, 5.74) is 3.84. The number of halogens is 1. The molecule has 0 aliphatic carbocycles. The lowest BCUT2D eigenvalue weighted by atomic mass is 10.2. The average molecular weight is 553 g/mol. The highest BCUT2D eigenvalue weighted by molar-refractivity contribution is 14.1. The Bertz CT molecular complexity index is 945. The molecule has 0 unspecified atom stereocenters. The molecule has 0 aromatic heterocycles. The van der Waals surface area contributed by atoms with Gasteiger partial charge >= 0.3 is 0 Å². The van der Waals surface area contributed by atoms with Gasteiger partial charge in [0.1, 0.15) is 5.75 Å². The van der Waals surface area contributed by atoms with E-state index in [1.54, 1.807) is 37.4 Å². The molecule has 0 bridgehead atoms. The summed E-state index contributed by atoms with van der Waals surface area (Å²) in [5, 5.41) is 6.72. The number of carbonyl (C=O) groups excluding carboxylic acids is 2. The van der Waals surface area contributed by atoms with E-state index in [2.05, 4.69) is 38.4 Å². The normalized spacial score (nSPS) is 10.8. The zero-order valence-electron chi connectivity index (χ0n) is 18.6. The Labute approximate surface area is 201 Å². The highest BCUT2D eigenvalue weighted by Gasteiger charge is 2.13. The number of hydrogen-bond donors (Lipinski definition) is 2. The summed E-state index contributed by atoms with van der Waals surface area (Å²) in [6.07, 6.45) is 1.60. The summed E-state index contributed by atoms with van der Waals surface area (Å²) in [5.74, 6) is 1.39. The van der Waals surface area contributed by atoms with Crippen LogP contribution in [0.4, 0.5) is 5.69 Å². The fourth-order valence-corrected chi connectivity index (χ4v) is 3.39. The van der Waals surface area contributed by atoms with E-state index in [1.165, 1.54) is 6.21 Å². The van der Waals surface area contributed by atoms with Crippen molar-refractivity contribution in [2.75, 3.05) is 19.0 Å². The van der Waals surface area contributed by atoms with Crippen LogP contribution >= 0.6 is 22.6 Å². The zero-order valence-corrected chi connectivity index (χ0v) is 20.8. The summed E-state index contributed by atoms with van der Waals surface area (Å²) in [7, 11) is 1.57. The topological polar surface area (TPSA) is 98.2 Å². The van der Waals surface area contributed by atoms with Crippen molar-refractivity contribution in [1.82, 2.24) is 5.43 Å². The first kappa shape index (κ1) is 25.4. The predicted octanol–water partition coefficient (Wildman–Crippen LogP) is 4.35. The molecule has 0 saturated heterocycles. The SMILES string of the molecule is CCOc1cc(C=NNC(=O)CCC(=O)Nc2ccc(OC)cc2)cc(I)c1OC(C)C. The van der Waals surface area contributed by atoms with Gasteiger partial charge in [-0.3, -0.25) is 9.59 Å². The molecule has 0 atom stereocenters. The molecule has 0 radical (unpaired) electrons. The average Bonchev–Trinajstić information content (AvgIpc) is 2.75. The molecule has 2 aromatic rings. The minimum Gasteiger partial charge on any atom is -0.497 e. The Hall–Kier alpha value is -2.82. The molecule has 0 saturated carbocycles. The van der Waals surface area contributed by atoms with E-state index in [4.69, 9.17) is 14.2 Å². The first-order valence-electron chi connectivity index (χ1n) is 10.2. The lowest BCUT2D eigenvalue weighted by Crippen LogP contribution is -2.20. The molecule has 0 spiro atoms. The number of carbonyl (C=O) groups is 2. The van der Waals surface area contributed by atoms with Crippen LogP contribution in [0.1, 0.15) is 39.2 Å². The number of nitrogens with zero attached hydrogens (tertiary/aromatic N) is 1. The Balaban J connectivity index is 1.87. The molecule has 2 rings (SSSR count). The van der Waals surface area contributed by atoms with Gasteiger partial charge in [0.05, 0.1) is 29.6 Å². The monoisotopic (exact) mass is 553 g/mol. The van der Waals surface area contributed by atoms with Gasteiger partial charge in [0.15, 0.2) is 11.5 Å². The molecule has 0 fully saturated rings.